The smallest absolute Gasteiger partial charge is 0.0958 e. The maximum Gasteiger partial charge on any atom is 0.0958 e. The van der Waals surface area contributed by atoms with E-state index in [1.807, 2.05) is 31.3 Å². The number of aryl methyl sites for hydroxylation is 1. The first kappa shape index (κ1) is 7.92. The summed E-state index contributed by atoms with van der Waals surface area (Å²) in [6.07, 6.45) is 1.84. The van der Waals surface area contributed by atoms with Gasteiger partial charge < -0.3 is 0 Å². The molecule has 0 amide bonds. The third-order valence-electron chi connectivity index (χ3n) is 2.00. The van der Waals surface area contributed by atoms with Crippen LogP contribution in [0.15, 0.2) is 35.5 Å². The molecule has 13 heavy (non-hydrogen) atoms. The van der Waals surface area contributed by atoms with Crippen LogP contribution in [0.5, 0.6) is 0 Å². The Balaban J connectivity index is 2.84. The molecule has 2 nitrogen and oxygen atoms in total. The molecule has 0 aliphatic heterocycles. The van der Waals surface area contributed by atoms with E-state index < -0.39 is 0 Å². The van der Waals surface area contributed by atoms with Crippen molar-refractivity contribution in [1.29, 1.82) is 0 Å². The fourth-order valence-corrected chi connectivity index (χ4v) is 1.38. The van der Waals surface area contributed by atoms with Gasteiger partial charge in [-0.15, -0.1) is 0 Å². The highest BCUT2D eigenvalue weighted by Gasteiger charge is 1.99. The molecule has 0 saturated heterocycles. The molecule has 0 bridgehead atoms. The van der Waals surface area contributed by atoms with E-state index in [1.54, 1.807) is 0 Å². The van der Waals surface area contributed by atoms with Crippen LogP contribution in [0.2, 0.25) is 0 Å². The molecular weight excluding hydrogens is 160 g/mol. The molecule has 0 fully saturated rings. The Bertz CT molecular complexity index is 461. The first-order valence-corrected chi connectivity index (χ1v) is 4.13. The first-order chi connectivity index (χ1) is 6.31. The van der Waals surface area contributed by atoms with Crippen LogP contribution in [0.4, 0.5) is 5.69 Å². The number of fused-ring (bicyclic) bond motifs is 1. The van der Waals surface area contributed by atoms with Gasteiger partial charge in [-0.05, 0) is 31.3 Å². The summed E-state index contributed by atoms with van der Waals surface area (Å²) in [4.78, 5) is 8.23. The monoisotopic (exact) mass is 170 g/mol. The molecule has 0 atom stereocenters. The highest BCUT2D eigenvalue weighted by molar-refractivity contribution is 5.89. The average Bonchev–Trinajstić information content (AvgIpc) is 2.16. The Morgan fingerprint density at radius 1 is 1.38 bits per heavy atom. The van der Waals surface area contributed by atoms with Gasteiger partial charge in [0.25, 0.3) is 0 Å². The standard InChI is InChI=1S/C11H10N2/c1-8-6-9-4-3-5-10(12-2)11(9)13-7-8/h3-7H,2H2,1H3. The number of nitrogens with zero attached hydrogens (tertiary/aromatic N) is 2. The van der Waals surface area contributed by atoms with Crippen LogP contribution in [-0.4, -0.2) is 11.7 Å². The zero-order chi connectivity index (χ0) is 9.26. The van der Waals surface area contributed by atoms with Gasteiger partial charge in [-0.25, -0.2) is 0 Å². The molecular formula is C11H10N2. The zero-order valence-corrected chi connectivity index (χ0v) is 7.49. The van der Waals surface area contributed by atoms with Gasteiger partial charge in [-0.1, -0.05) is 12.1 Å². The number of aromatic nitrogens is 1. The fraction of sp³-hybridized carbons (Fsp3) is 0.0909. The highest BCUT2D eigenvalue weighted by atomic mass is 14.8. The van der Waals surface area contributed by atoms with Crippen LogP contribution in [0.3, 0.4) is 0 Å². The second-order valence-corrected chi connectivity index (χ2v) is 3.02. The Hall–Kier alpha value is -1.70. The van der Waals surface area contributed by atoms with Crippen molar-refractivity contribution in [3.05, 3.63) is 36.0 Å². The summed E-state index contributed by atoms with van der Waals surface area (Å²) in [5, 5.41) is 1.12. The molecule has 0 N–H and O–H groups in total. The van der Waals surface area contributed by atoms with Crippen LogP contribution in [-0.2, 0) is 0 Å². The topological polar surface area (TPSA) is 25.2 Å². The van der Waals surface area contributed by atoms with Crippen LogP contribution >= 0.6 is 0 Å². The summed E-state index contributed by atoms with van der Waals surface area (Å²) in [6.45, 7) is 5.54. The van der Waals surface area contributed by atoms with Gasteiger partial charge in [-0.2, -0.15) is 0 Å². The number of pyridine rings is 1. The first-order valence-electron chi connectivity index (χ1n) is 4.13. The predicted octanol–water partition coefficient (Wildman–Crippen LogP) is 2.88. The lowest BCUT2D eigenvalue weighted by Crippen LogP contribution is -1.80. The maximum atomic E-state index is 4.32. The molecule has 2 rings (SSSR count). The second kappa shape index (κ2) is 2.98. The van der Waals surface area contributed by atoms with E-state index in [-0.39, 0.29) is 0 Å². The number of para-hydroxylation sites is 1. The summed E-state index contributed by atoms with van der Waals surface area (Å²) < 4.78 is 0. The number of rotatable bonds is 1. The average molecular weight is 170 g/mol. The summed E-state index contributed by atoms with van der Waals surface area (Å²) in [7, 11) is 0. The molecule has 0 aliphatic rings. The van der Waals surface area contributed by atoms with Gasteiger partial charge in [-0.3, -0.25) is 9.98 Å². The van der Waals surface area contributed by atoms with E-state index in [1.165, 1.54) is 0 Å². The van der Waals surface area contributed by atoms with Gasteiger partial charge in [0.15, 0.2) is 0 Å². The summed E-state index contributed by atoms with van der Waals surface area (Å²) in [5.74, 6) is 0. The molecule has 0 spiro atoms. The molecule has 2 heteroatoms. The molecule has 1 aromatic heterocycles. The normalized spacial score (nSPS) is 10.2. The number of hydrogen-bond donors (Lipinski definition) is 0. The minimum Gasteiger partial charge on any atom is -0.262 e. The van der Waals surface area contributed by atoms with Gasteiger partial charge in [0.1, 0.15) is 0 Å². The van der Waals surface area contributed by atoms with Crippen LogP contribution in [0.25, 0.3) is 10.9 Å². The van der Waals surface area contributed by atoms with Gasteiger partial charge in [0, 0.05) is 11.6 Å². The summed E-state index contributed by atoms with van der Waals surface area (Å²) in [5.41, 5.74) is 2.93. The van der Waals surface area contributed by atoms with Crippen LogP contribution in [0.1, 0.15) is 5.56 Å². The summed E-state index contributed by atoms with van der Waals surface area (Å²) >= 11 is 0. The summed E-state index contributed by atoms with van der Waals surface area (Å²) in [6, 6.07) is 8.01. The van der Waals surface area contributed by atoms with Gasteiger partial charge in [0.2, 0.25) is 0 Å². The zero-order valence-electron chi connectivity index (χ0n) is 7.49. The minimum absolute atomic E-state index is 0.845. The lowest BCUT2D eigenvalue weighted by Gasteiger charge is -2.00. The molecule has 0 saturated carbocycles. The lowest BCUT2D eigenvalue weighted by molar-refractivity contribution is 1.33. The quantitative estimate of drug-likeness (QED) is 0.604. The Morgan fingerprint density at radius 2 is 2.23 bits per heavy atom. The van der Waals surface area contributed by atoms with Crippen molar-refractivity contribution in [3.63, 3.8) is 0 Å². The van der Waals surface area contributed by atoms with Crippen molar-refractivity contribution >= 4 is 23.3 Å². The van der Waals surface area contributed by atoms with Gasteiger partial charge in [0.05, 0.1) is 11.2 Å². The highest BCUT2D eigenvalue weighted by Crippen LogP contribution is 2.23. The molecule has 1 aromatic carbocycles. The Morgan fingerprint density at radius 3 is 3.00 bits per heavy atom. The van der Waals surface area contributed by atoms with Gasteiger partial charge >= 0.3 is 0 Å². The van der Waals surface area contributed by atoms with Crippen molar-refractivity contribution in [2.24, 2.45) is 4.99 Å². The number of benzene rings is 1. The van der Waals surface area contributed by atoms with Crippen molar-refractivity contribution in [1.82, 2.24) is 4.98 Å². The van der Waals surface area contributed by atoms with Crippen molar-refractivity contribution in [2.45, 2.75) is 6.92 Å². The van der Waals surface area contributed by atoms with E-state index >= 15 is 0 Å². The minimum atomic E-state index is 0.845. The van der Waals surface area contributed by atoms with E-state index in [9.17, 15) is 0 Å². The largest absolute Gasteiger partial charge is 0.262 e. The third kappa shape index (κ3) is 1.31. The van der Waals surface area contributed by atoms with E-state index in [2.05, 4.69) is 22.8 Å². The molecule has 0 aliphatic carbocycles. The van der Waals surface area contributed by atoms with E-state index in [0.717, 1.165) is 22.2 Å². The number of aliphatic imine (C=N–C) groups is 1. The van der Waals surface area contributed by atoms with Crippen molar-refractivity contribution in [2.75, 3.05) is 0 Å². The van der Waals surface area contributed by atoms with Crippen LogP contribution in [0, 0.1) is 6.92 Å². The maximum absolute atomic E-state index is 4.32. The van der Waals surface area contributed by atoms with Crippen molar-refractivity contribution < 1.29 is 0 Å². The second-order valence-electron chi connectivity index (χ2n) is 3.02. The fourth-order valence-electron chi connectivity index (χ4n) is 1.38. The number of hydrogen-bond acceptors (Lipinski definition) is 2. The molecule has 0 radical (unpaired) electrons. The Kier molecular flexibility index (Phi) is 1.81. The van der Waals surface area contributed by atoms with E-state index in [4.69, 9.17) is 0 Å². The van der Waals surface area contributed by atoms with Crippen LogP contribution < -0.4 is 0 Å². The molecule has 0 unspecified atom stereocenters. The Labute approximate surface area is 77.0 Å². The van der Waals surface area contributed by atoms with E-state index in [0.29, 0.717) is 0 Å². The predicted molar refractivity (Wildman–Crippen MR) is 55.7 cm³/mol. The third-order valence-corrected chi connectivity index (χ3v) is 2.00. The molecule has 64 valence electrons. The SMILES string of the molecule is C=Nc1cccc2cc(C)cnc12. The molecule has 2 aromatic rings. The van der Waals surface area contributed by atoms with Crippen molar-refractivity contribution in [3.8, 4) is 0 Å². The lowest BCUT2D eigenvalue weighted by atomic mass is 10.1. The molecule has 1 heterocycles.